The lowest BCUT2D eigenvalue weighted by molar-refractivity contribution is 0.0961. The van der Waals surface area contributed by atoms with E-state index in [4.69, 9.17) is 5.73 Å². The third kappa shape index (κ3) is 3.72. The van der Waals surface area contributed by atoms with E-state index < -0.39 is 0 Å². The van der Waals surface area contributed by atoms with Crippen LogP contribution in [0.25, 0.3) is 0 Å². The molecule has 0 fully saturated rings. The molecule has 0 aromatic carbocycles. The highest BCUT2D eigenvalue weighted by atomic mass is 32.1. The lowest BCUT2D eigenvalue weighted by atomic mass is 9.83. The molecule has 0 unspecified atom stereocenters. The largest absolute Gasteiger partial charge is 0.330 e. The zero-order chi connectivity index (χ0) is 12.2. The maximum absolute atomic E-state index is 12.0. The van der Waals surface area contributed by atoms with Gasteiger partial charge in [-0.05, 0) is 43.2 Å². The van der Waals surface area contributed by atoms with Gasteiger partial charge in [-0.3, -0.25) is 4.79 Å². The summed E-state index contributed by atoms with van der Waals surface area (Å²) >= 11 is 1.64. The summed E-state index contributed by atoms with van der Waals surface area (Å²) in [7, 11) is 0. The summed E-state index contributed by atoms with van der Waals surface area (Å²) in [5.41, 5.74) is 6.63. The Labute approximate surface area is 102 Å². The van der Waals surface area contributed by atoms with Crippen molar-refractivity contribution in [1.82, 2.24) is 0 Å². The fraction of sp³-hybridized carbons (Fsp3) is 0.615. The molecule has 0 saturated carbocycles. The van der Waals surface area contributed by atoms with Gasteiger partial charge in [0.05, 0.1) is 0 Å². The number of thiophene rings is 1. The lowest BCUT2D eigenvalue weighted by Crippen LogP contribution is -2.18. The summed E-state index contributed by atoms with van der Waals surface area (Å²) in [4.78, 5) is 13.1. The molecular formula is C13H21NOS. The van der Waals surface area contributed by atoms with Crippen LogP contribution in [-0.2, 0) is 0 Å². The van der Waals surface area contributed by atoms with Gasteiger partial charge < -0.3 is 5.73 Å². The van der Waals surface area contributed by atoms with Gasteiger partial charge in [0.15, 0.2) is 5.78 Å². The number of rotatable bonds is 6. The second kappa shape index (κ2) is 5.60. The van der Waals surface area contributed by atoms with Crippen LogP contribution < -0.4 is 5.73 Å². The highest BCUT2D eigenvalue weighted by molar-refractivity contribution is 7.10. The smallest absolute Gasteiger partial charge is 0.163 e. The van der Waals surface area contributed by atoms with Crippen LogP contribution in [0.1, 0.15) is 48.3 Å². The highest BCUT2D eigenvalue weighted by Gasteiger charge is 2.19. The molecule has 1 aromatic heterocycles. The normalized spacial score (nSPS) is 11.8. The molecule has 0 aliphatic heterocycles. The average molecular weight is 239 g/mol. The van der Waals surface area contributed by atoms with Crippen LogP contribution in [0.2, 0.25) is 0 Å². The number of hydrogen-bond donors (Lipinski definition) is 1. The summed E-state index contributed by atoms with van der Waals surface area (Å²) in [6, 6.07) is 1.93. The van der Waals surface area contributed by atoms with Gasteiger partial charge in [-0.15, -0.1) is 11.3 Å². The lowest BCUT2D eigenvalue weighted by Gasteiger charge is -2.23. The zero-order valence-electron chi connectivity index (χ0n) is 10.4. The zero-order valence-corrected chi connectivity index (χ0v) is 11.2. The predicted octanol–water partition coefficient (Wildman–Crippen LogP) is 3.39. The number of carbonyl (C=O) groups is 1. The predicted molar refractivity (Wildman–Crippen MR) is 70.1 cm³/mol. The Morgan fingerprint density at radius 1 is 1.44 bits per heavy atom. The molecule has 0 spiro atoms. The van der Waals surface area contributed by atoms with Gasteiger partial charge in [-0.2, -0.15) is 0 Å². The Bertz CT molecular complexity index is 355. The molecule has 16 heavy (non-hydrogen) atoms. The second-order valence-corrected chi connectivity index (χ2v) is 6.14. The van der Waals surface area contributed by atoms with E-state index in [2.05, 4.69) is 13.8 Å². The summed E-state index contributed by atoms with van der Waals surface area (Å²) < 4.78 is 0. The van der Waals surface area contributed by atoms with Crippen LogP contribution in [0.15, 0.2) is 11.4 Å². The van der Waals surface area contributed by atoms with Crippen molar-refractivity contribution in [2.75, 3.05) is 6.54 Å². The maximum Gasteiger partial charge on any atom is 0.163 e. The van der Waals surface area contributed by atoms with Crippen molar-refractivity contribution in [3.8, 4) is 0 Å². The van der Waals surface area contributed by atoms with Gasteiger partial charge in [0.1, 0.15) is 0 Å². The van der Waals surface area contributed by atoms with E-state index in [0.29, 0.717) is 13.0 Å². The summed E-state index contributed by atoms with van der Waals surface area (Å²) in [5, 5.41) is 1.98. The van der Waals surface area contributed by atoms with Crippen LogP contribution in [-0.4, -0.2) is 12.3 Å². The Hall–Kier alpha value is -0.670. The minimum absolute atomic E-state index is 0.175. The van der Waals surface area contributed by atoms with Gasteiger partial charge >= 0.3 is 0 Å². The standard InChI is InChI=1S/C13H21NOS/c1-10-11(5-9-16-10)12(15)4-6-13(2,3)7-8-14/h5,9H,4,6-8,14H2,1-3H3. The van der Waals surface area contributed by atoms with Gasteiger partial charge in [-0.1, -0.05) is 13.8 Å². The molecule has 0 radical (unpaired) electrons. The number of nitrogens with two attached hydrogens (primary N) is 1. The Balaban J connectivity index is 2.51. The third-order valence-corrected chi connectivity index (χ3v) is 3.85. The topological polar surface area (TPSA) is 43.1 Å². The minimum Gasteiger partial charge on any atom is -0.330 e. The van der Waals surface area contributed by atoms with E-state index in [1.165, 1.54) is 0 Å². The third-order valence-electron chi connectivity index (χ3n) is 3.01. The number of Topliss-reactive ketones (excluding diaryl/α,β-unsaturated/α-hetero) is 1. The molecule has 0 bridgehead atoms. The van der Waals surface area contributed by atoms with E-state index in [0.717, 1.165) is 23.3 Å². The van der Waals surface area contributed by atoms with Crippen LogP contribution >= 0.6 is 11.3 Å². The fourth-order valence-electron chi connectivity index (χ4n) is 1.78. The van der Waals surface area contributed by atoms with Gasteiger partial charge in [0.25, 0.3) is 0 Å². The first-order valence-electron chi connectivity index (χ1n) is 5.73. The van der Waals surface area contributed by atoms with Gasteiger partial charge in [0.2, 0.25) is 0 Å². The van der Waals surface area contributed by atoms with E-state index in [1.807, 2.05) is 18.4 Å². The molecule has 0 saturated heterocycles. The molecule has 1 rings (SSSR count). The van der Waals surface area contributed by atoms with Crippen molar-refractivity contribution in [2.24, 2.45) is 11.1 Å². The first-order valence-corrected chi connectivity index (χ1v) is 6.61. The molecule has 2 nitrogen and oxygen atoms in total. The summed E-state index contributed by atoms with van der Waals surface area (Å²) in [5.74, 6) is 0.267. The average Bonchev–Trinajstić information content (AvgIpc) is 2.61. The SMILES string of the molecule is Cc1sccc1C(=O)CCC(C)(C)CCN. The van der Waals surface area contributed by atoms with Gasteiger partial charge in [0, 0.05) is 16.9 Å². The molecule has 0 atom stereocenters. The Kier molecular flexibility index (Phi) is 4.69. The molecule has 3 heteroatoms. The van der Waals surface area contributed by atoms with E-state index in [9.17, 15) is 4.79 Å². The van der Waals surface area contributed by atoms with Crippen molar-refractivity contribution in [3.63, 3.8) is 0 Å². The van der Waals surface area contributed by atoms with E-state index in [1.54, 1.807) is 11.3 Å². The van der Waals surface area contributed by atoms with Crippen LogP contribution in [0.4, 0.5) is 0 Å². The molecule has 90 valence electrons. The highest BCUT2D eigenvalue weighted by Crippen LogP contribution is 2.27. The number of hydrogen-bond acceptors (Lipinski definition) is 3. The Morgan fingerprint density at radius 2 is 2.12 bits per heavy atom. The molecule has 0 amide bonds. The molecule has 1 aromatic rings. The first kappa shape index (κ1) is 13.4. The molecule has 2 N–H and O–H groups in total. The molecule has 0 aliphatic rings. The first-order chi connectivity index (χ1) is 7.46. The fourth-order valence-corrected chi connectivity index (χ4v) is 2.49. The van der Waals surface area contributed by atoms with Crippen molar-refractivity contribution in [2.45, 2.75) is 40.0 Å². The number of aryl methyl sites for hydroxylation is 1. The Morgan fingerprint density at radius 3 is 2.62 bits per heavy atom. The minimum atomic E-state index is 0.175. The molecule has 0 aliphatic carbocycles. The van der Waals surface area contributed by atoms with Crippen molar-refractivity contribution < 1.29 is 4.79 Å². The number of carbonyl (C=O) groups excluding carboxylic acids is 1. The van der Waals surface area contributed by atoms with Crippen molar-refractivity contribution in [3.05, 3.63) is 21.9 Å². The van der Waals surface area contributed by atoms with E-state index >= 15 is 0 Å². The van der Waals surface area contributed by atoms with Gasteiger partial charge in [-0.25, -0.2) is 0 Å². The van der Waals surface area contributed by atoms with Crippen LogP contribution in [0, 0.1) is 12.3 Å². The van der Waals surface area contributed by atoms with Crippen LogP contribution in [0.3, 0.4) is 0 Å². The number of ketones is 1. The summed E-state index contributed by atoms with van der Waals surface area (Å²) in [6.45, 7) is 7.04. The molecular weight excluding hydrogens is 218 g/mol. The monoisotopic (exact) mass is 239 g/mol. The summed E-state index contributed by atoms with van der Waals surface area (Å²) in [6.07, 6.45) is 2.52. The van der Waals surface area contributed by atoms with E-state index in [-0.39, 0.29) is 11.2 Å². The van der Waals surface area contributed by atoms with Crippen LogP contribution in [0.5, 0.6) is 0 Å². The maximum atomic E-state index is 12.0. The van der Waals surface area contributed by atoms with Crippen molar-refractivity contribution >= 4 is 17.1 Å². The quantitative estimate of drug-likeness (QED) is 0.773. The van der Waals surface area contributed by atoms with Crippen molar-refractivity contribution in [1.29, 1.82) is 0 Å². The molecule has 1 heterocycles. The second-order valence-electron chi connectivity index (χ2n) is 5.02.